The Morgan fingerprint density at radius 1 is 1.25 bits per heavy atom. The van der Waals surface area contributed by atoms with Crippen LogP contribution in [0.2, 0.25) is 0 Å². The van der Waals surface area contributed by atoms with Crippen molar-refractivity contribution in [2.75, 3.05) is 12.4 Å². The van der Waals surface area contributed by atoms with Crippen LogP contribution in [0.3, 0.4) is 0 Å². The maximum Gasteiger partial charge on any atom is 0.242 e. The van der Waals surface area contributed by atoms with Crippen LogP contribution < -0.4 is 10.0 Å². The van der Waals surface area contributed by atoms with E-state index in [2.05, 4.69) is 20.2 Å². The summed E-state index contributed by atoms with van der Waals surface area (Å²) >= 11 is 0. The van der Waals surface area contributed by atoms with Gasteiger partial charge in [-0.3, -0.25) is 5.10 Å². The molecule has 1 heterocycles. The van der Waals surface area contributed by atoms with Gasteiger partial charge in [0.15, 0.2) is 0 Å². The minimum Gasteiger partial charge on any atom is -0.380 e. The number of hydrogen-bond donors (Lipinski definition) is 3. The van der Waals surface area contributed by atoms with E-state index in [0.717, 1.165) is 17.0 Å². The fraction of sp³-hybridized carbons (Fsp3) is 0.308. The molecule has 1 aromatic carbocycles. The fourth-order valence-electron chi connectivity index (χ4n) is 1.98. The lowest BCUT2D eigenvalue weighted by Gasteiger charge is -2.12. The SMILES string of the molecule is CNS(=O)(=O)c1ccccc1NCc1c(C)n[nH]c1C. The molecule has 0 saturated carbocycles. The molecule has 0 radical (unpaired) electrons. The number of benzene rings is 1. The van der Waals surface area contributed by atoms with Crippen molar-refractivity contribution < 1.29 is 8.42 Å². The van der Waals surface area contributed by atoms with Crippen LogP contribution >= 0.6 is 0 Å². The lowest BCUT2D eigenvalue weighted by Crippen LogP contribution is -2.20. The third kappa shape index (κ3) is 2.83. The third-order valence-corrected chi connectivity index (χ3v) is 4.65. The van der Waals surface area contributed by atoms with Crippen molar-refractivity contribution in [3.63, 3.8) is 0 Å². The van der Waals surface area contributed by atoms with E-state index in [1.165, 1.54) is 7.05 Å². The van der Waals surface area contributed by atoms with Crippen LogP contribution in [-0.4, -0.2) is 25.7 Å². The van der Waals surface area contributed by atoms with Gasteiger partial charge in [-0.1, -0.05) is 12.1 Å². The topological polar surface area (TPSA) is 86.9 Å². The minimum absolute atomic E-state index is 0.237. The van der Waals surface area contributed by atoms with Gasteiger partial charge in [0.1, 0.15) is 4.90 Å². The van der Waals surface area contributed by atoms with Crippen LogP contribution in [-0.2, 0) is 16.6 Å². The van der Waals surface area contributed by atoms with Crippen molar-refractivity contribution >= 4 is 15.7 Å². The molecule has 0 aliphatic carbocycles. The zero-order valence-electron chi connectivity index (χ0n) is 11.7. The number of sulfonamides is 1. The molecule has 0 unspecified atom stereocenters. The maximum atomic E-state index is 11.9. The largest absolute Gasteiger partial charge is 0.380 e. The van der Waals surface area contributed by atoms with Gasteiger partial charge in [0.05, 0.1) is 11.4 Å². The monoisotopic (exact) mass is 294 g/mol. The number of H-pyrrole nitrogens is 1. The number of nitrogens with zero attached hydrogens (tertiary/aromatic N) is 1. The van der Waals surface area contributed by atoms with Crippen molar-refractivity contribution in [2.24, 2.45) is 0 Å². The Morgan fingerprint density at radius 3 is 2.55 bits per heavy atom. The number of nitrogens with one attached hydrogen (secondary N) is 3. The number of aromatic amines is 1. The molecule has 2 rings (SSSR count). The second kappa shape index (κ2) is 5.64. The highest BCUT2D eigenvalue weighted by atomic mass is 32.2. The number of hydrogen-bond acceptors (Lipinski definition) is 4. The molecule has 3 N–H and O–H groups in total. The van der Waals surface area contributed by atoms with Gasteiger partial charge in [-0.05, 0) is 33.0 Å². The van der Waals surface area contributed by atoms with Crippen LogP contribution in [0.1, 0.15) is 17.0 Å². The molecule has 108 valence electrons. The van der Waals surface area contributed by atoms with Gasteiger partial charge in [-0.2, -0.15) is 5.10 Å². The summed E-state index contributed by atoms with van der Waals surface area (Å²) in [7, 11) is -2.08. The Balaban J connectivity index is 2.27. The molecular formula is C13H18N4O2S. The van der Waals surface area contributed by atoms with Crippen molar-refractivity contribution in [1.29, 1.82) is 0 Å². The highest BCUT2D eigenvalue weighted by molar-refractivity contribution is 7.89. The zero-order chi connectivity index (χ0) is 14.8. The lowest BCUT2D eigenvalue weighted by atomic mass is 10.2. The summed E-state index contributed by atoms with van der Waals surface area (Å²) in [5.41, 5.74) is 3.50. The molecule has 7 heteroatoms. The lowest BCUT2D eigenvalue weighted by molar-refractivity contribution is 0.588. The van der Waals surface area contributed by atoms with Gasteiger partial charge in [-0.25, -0.2) is 13.1 Å². The Bertz CT molecular complexity index is 687. The summed E-state index contributed by atoms with van der Waals surface area (Å²) in [6.45, 7) is 4.37. The zero-order valence-corrected chi connectivity index (χ0v) is 12.5. The summed E-state index contributed by atoms with van der Waals surface area (Å²) in [6.07, 6.45) is 0. The fourth-order valence-corrected chi connectivity index (χ4v) is 2.88. The van der Waals surface area contributed by atoms with Gasteiger partial charge in [0.25, 0.3) is 0 Å². The van der Waals surface area contributed by atoms with Crippen LogP contribution in [0.25, 0.3) is 0 Å². The summed E-state index contributed by atoms with van der Waals surface area (Å²) in [4.78, 5) is 0.237. The van der Waals surface area contributed by atoms with E-state index in [0.29, 0.717) is 12.2 Å². The van der Waals surface area contributed by atoms with Crippen molar-refractivity contribution in [3.05, 3.63) is 41.2 Å². The number of para-hydroxylation sites is 1. The molecule has 0 bridgehead atoms. The molecule has 0 aliphatic rings. The van der Waals surface area contributed by atoms with Crippen molar-refractivity contribution in [1.82, 2.24) is 14.9 Å². The van der Waals surface area contributed by atoms with Gasteiger partial charge in [0, 0.05) is 17.8 Å². The summed E-state index contributed by atoms with van der Waals surface area (Å²) < 4.78 is 26.2. The number of rotatable bonds is 5. The molecular weight excluding hydrogens is 276 g/mol. The minimum atomic E-state index is -3.48. The van der Waals surface area contributed by atoms with Crippen LogP contribution in [0.4, 0.5) is 5.69 Å². The van der Waals surface area contributed by atoms with E-state index in [-0.39, 0.29) is 4.90 Å². The number of anilines is 1. The second-order valence-electron chi connectivity index (χ2n) is 4.47. The Hall–Kier alpha value is -1.86. The van der Waals surface area contributed by atoms with Crippen LogP contribution in [0, 0.1) is 13.8 Å². The average molecular weight is 294 g/mol. The highest BCUT2D eigenvalue weighted by Gasteiger charge is 2.16. The number of aryl methyl sites for hydroxylation is 2. The predicted molar refractivity (Wildman–Crippen MR) is 78.1 cm³/mol. The van der Waals surface area contributed by atoms with E-state index < -0.39 is 10.0 Å². The molecule has 0 aliphatic heterocycles. The Kier molecular flexibility index (Phi) is 4.10. The Labute approximate surface area is 118 Å². The molecule has 2 aromatic rings. The maximum absolute atomic E-state index is 11.9. The second-order valence-corrected chi connectivity index (χ2v) is 6.32. The first-order chi connectivity index (χ1) is 9.45. The molecule has 6 nitrogen and oxygen atoms in total. The third-order valence-electron chi connectivity index (χ3n) is 3.18. The van der Waals surface area contributed by atoms with Gasteiger partial charge >= 0.3 is 0 Å². The molecule has 0 fully saturated rings. The highest BCUT2D eigenvalue weighted by Crippen LogP contribution is 2.21. The standard InChI is InChI=1S/C13H18N4O2S/c1-9-11(10(2)17-16-9)8-15-12-6-4-5-7-13(12)20(18,19)14-3/h4-7,14-15H,8H2,1-3H3,(H,16,17). The molecule has 1 aromatic heterocycles. The first kappa shape index (κ1) is 14.5. The average Bonchev–Trinajstić information content (AvgIpc) is 2.76. The normalized spacial score (nSPS) is 11.6. The van der Waals surface area contributed by atoms with Crippen molar-refractivity contribution in [3.8, 4) is 0 Å². The van der Waals surface area contributed by atoms with E-state index in [1.807, 2.05) is 13.8 Å². The van der Waals surface area contributed by atoms with Crippen LogP contribution in [0.15, 0.2) is 29.2 Å². The van der Waals surface area contributed by atoms with E-state index in [9.17, 15) is 8.42 Å². The van der Waals surface area contributed by atoms with E-state index >= 15 is 0 Å². The van der Waals surface area contributed by atoms with Crippen molar-refractivity contribution in [2.45, 2.75) is 25.3 Å². The van der Waals surface area contributed by atoms with Gasteiger partial charge < -0.3 is 5.32 Å². The summed E-state index contributed by atoms with van der Waals surface area (Å²) in [6, 6.07) is 6.81. The van der Waals surface area contributed by atoms with Crippen LogP contribution in [0.5, 0.6) is 0 Å². The Morgan fingerprint density at radius 2 is 1.95 bits per heavy atom. The quantitative estimate of drug-likeness (QED) is 0.781. The summed E-state index contributed by atoms with van der Waals surface area (Å²) in [5, 5.41) is 10.2. The first-order valence-corrected chi connectivity index (χ1v) is 7.71. The summed E-state index contributed by atoms with van der Waals surface area (Å²) in [5.74, 6) is 0. The molecule has 0 spiro atoms. The van der Waals surface area contributed by atoms with Gasteiger partial charge in [0.2, 0.25) is 10.0 Å². The molecule has 0 amide bonds. The van der Waals surface area contributed by atoms with E-state index in [4.69, 9.17) is 0 Å². The molecule has 0 saturated heterocycles. The van der Waals surface area contributed by atoms with E-state index in [1.54, 1.807) is 24.3 Å². The predicted octanol–water partition coefficient (Wildman–Crippen LogP) is 1.55. The smallest absolute Gasteiger partial charge is 0.242 e. The molecule has 0 atom stereocenters. The van der Waals surface area contributed by atoms with Gasteiger partial charge in [-0.15, -0.1) is 0 Å². The molecule has 20 heavy (non-hydrogen) atoms. The number of aromatic nitrogens is 2. The first-order valence-electron chi connectivity index (χ1n) is 6.22.